The van der Waals surface area contributed by atoms with Gasteiger partial charge in [-0.25, -0.2) is 4.57 Å². The lowest BCUT2D eigenvalue weighted by Gasteiger charge is -2.19. The van der Waals surface area contributed by atoms with E-state index < -0.39 is 20.5 Å². The molecule has 0 saturated carbocycles. The van der Waals surface area contributed by atoms with Crippen molar-refractivity contribution in [2.45, 2.75) is 143 Å². The predicted octanol–water partition coefficient (Wildman–Crippen LogP) is 7.72. The molecule has 2 N–H and O–H groups in total. The van der Waals surface area contributed by atoms with E-state index in [1.807, 2.05) is 20.8 Å². The minimum atomic E-state index is -4.23. The molecule has 0 amide bonds. The maximum atomic E-state index is 11.8. The van der Waals surface area contributed by atoms with Crippen LogP contribution in [0.3, 0.4) is 0 Å². The van der Waals surface area contributed by atoms with Gasteiger partial charge in [0.2, 0.25) is 0 Å². The van der Waals surface area contributed by atoms with E-state index >= 15 is 0 Å². The molecule has 0 aromatic heterocycles. The molecule has 0 radical (unpaired) electrons. The van der Waals surface area contributed by atoms with Crippen molar-refractivity contribution < 1.29 is 33.1 Å². The zero-order valence-electron chi connectivity index (χ0n) is 23.1. The summed E-state index contributed by atoms with van der Waals surface area (Å²) in [7, 11) is -4.23. The van der Waals surface area contributed by atoms with Gasteiger partial charge in [-0.05, 0) is 18.3 Å². The molecule has 210 valence electrons. The molecular weight excluding hydrogens is 467 g/mol. The van der Waals surface area contributed by atoms with Crippen molar-refractivity contribution >= 4 is 13.8 Å². The second-order valence-corrected chi connectivity index (χ2v) is 12.4. The summed E-state index contributed by atoms with van der Waals surface area (Å²) in [5.41, 5.74) is -0.0274. The van der Waals surface area contributed by atoms with E-state index in [9.17, 15) is 19.4 Å². The number of esters is 1. The summed E-state index contributed by atoms with van der Waals surface area (Å²) in [4.78, 5) is 21.4. The topological polar surface area (TPSA) is 102 Å². The number of phosphoric acid groups is 1. The minimum absolute atomic E-state index is 0.0274. The fourth-order valence-corrected chi connectivity index (χ4v) is 4.39. The lowest BCUT2D eigenvalue weighted by molar-refractivity contribution is -0.147. The Morgan fingerprint density at radius 3 is 1.69 bits per heavy atom. The molecule has 2 unspecified atom stereocenters. The lowest BCUT2D eigenvalue weighted by Crippen LogP contribution is -2.23. The van der Waals surface area contributed by atoms with Crippen molar-refractivity contribution in [3.8, 4) is 0 Å². The maximum Gasteiger partial charge on any atom is 0.472 e. The Hall–Kier alpha value is -0.460. The van der Waals surface area contributed by atoms with Crippen molar-refractivity contribution in [1.29, 1.82) is 0 Å². The van der Waals surface area contributed by atoms with Crippen molar-refractivity contribution in [1.82, 2.24) is 0 Å². The molecule has 7 nitrogen and oxygen atoms in total. The lowest BCUT2D eigenvalue weighted by atomic mass is 9.93. The highest BCUT2D eigenvalue weighted by atomic mass is 31.2. The molecule has 0 spiro atoms. The van der Waals surface area contributed by atoms with Crippen molar-refractivity contribution in [2.75, 3.05) is 19.8 Å². The van der Waals surface area contributed by atoms with Crippen LogP contribution in [-0.2, 0) is 23.1 Å². The summed E-state index contributed by atoms with van der Waals surface area (Å²) in [5, 5.41) is 9.83. The Balaban J connectivity index is 3.53. The number of hydrogen-bond donors (Lipinski definition) is 2. The molecule has 35 heavy (non-hydrogen) atoms. The fraction of sp³-hybridized carbons (Fsp3) is 0.963. The largest absolute Gasteiger partial charge is 0.472 e. The summed E-state index contributed by atoms with van der Waals surface area (Å²) in [5.74, 6) is -0.368. The molecule has 0 aliphatic heterocycles. The fourth-order valence-electron chi connectivity index (χ4n) is 3.63. The van der Waals surface area contributed by atoms with Crippen LogP contribution in [0.2, 0.25) is 0 Å². The molecule has 0 heterocycles. The molecule has 0 aliphatic carbocycles. The highest BCUT2D eigenvalue weighted by Crippen LogP contribution is 2.43. The van der Waals surface area contributed by atoms with Gasteiger partial charge < -0.3 is 14.7 Å². The normalized spacial score (nSPS) is 14.6. The number of carbonyl (C=O) groups is 1. The Kier molecular flexibility index (Phi) is 21.3. The van der Waals surface area contributed by atoms with E-state index in [-0.39, 0.29) is 24.6 Å². The second kappa shape index (κ2) is 21.6. The van der Waals surface area contributed by atoms with Gasteiger partial charge in [0.25, 0.3) is 0 Å². The number of phosphoric ester groups is 1. The average molecular weight is 523 g/mol. The molecule has 0 aliphatic rings. The van der Waals surface area contributed by atoms with Gasteiger partial charge in [-0.2, -0.15) is 0 Å². The number of hydrogen-bond acceptors (Lipinski definition) is 6. The van der Waals surface area contributed by atoms with Gasteiger partial charge in [0.1, 0.15) is 12.7 Å². The molecule has 0 fully saturated rings. The SMILES string of the molecule is CCCCCCCCCCCCCCCCCC(=O)OCC(O)COP(=O)(O)OCCC(C)(C)C. The van der Waals surface area contributed by atoms with Gasteiger partial charge >= 0.3 is 13.8 Å². The van der Waals surface area contributed by atoms with E-state index in [4.69, 9.17) is 13.8 Å². The van der Waals surface area contributed by atoms with Crippen molar-refractivity contribution in [2.24, 2.45) is 5.41 Å². The Morgan fingerprint density at radius 1 is 0.771 bits per heavy atom. The summed E-state index contributed by atoms with van der Waals surface area (Å²) >= 11 is 0. The average Bonchev–Trinajstić information content (AvgIpc) is 2.78. The van der Waals surface area contributed by atoms with Gasteiger partial charge in [-0.15, -0.1) is 0 Å². The molecule has 0 aromatic rings. The Bertz CT molecular complexity index is 548. The molecule has 0 saturated heterocycles. The number of unbranched alkanes of at least 4 members (excludes halogenated alkanes) is 14. The van der Waals surface area contributed by atoms with Crippen LogP contribution in [0.25, 0.3) is 0 Å². The zero-order valence-corrected chi connectivity index (χ0v) is 24.0. The van der Waals surface area contributed by atoms with Crippen LogP contribution in [0.5, 0.6) is 0 Å². The smallest absolute Gasteiger partial charge is 0.463 e. The van der Waals surface area contributed by atoms with Crippen LogP contribution >= 0.6 is 7.82 Å². The predicted molar refractivity (Wildman–Crippen MR) is 142 cm³/mol. The number of aliphatic hydroxyl groups is 1. The highest BCUT2D eigenvalue weighted by molar-refractivity contribution is 7.47. The van der Waals surface area contributed by atoms with E-state index in [0.717, 1.165) is 19.3 Å². The third kappa shape index (κ3) is 26.4. The van der Waals surface area contributed by atoms with Crippen LogP contribution < -0.4 is 0 Å². The summed E-state index contributed by atoms with van der Waals surface area (Å²) < 4.78 is 26.5. The van der Waals surface area contributed by atoms with Crippen LogP contribution in [0.4, 0.5) is 0 Å². The Morgan fingerprint density at radius 2 is 1.23 bits per heavy atom. The molecular formula is C27H55O7P. The van der Waals surface area contributed by atoms with E-state index in [1.54, 1.807) is 0 Å². The van der Waals surface area contributed by atoms with Crippen molar-refractivity contribution in [3.05, 3.63) is 0 Å². The van der Waals surface area contributed by atoms with Gasteiger partial charge in [0.05, 0.1) is 13.2 Å². The van der Waals surface area contributed by atoms with Gasteiger partial charge in [0.15, 0.2) is 0 Å². The molecule has 8 heteroatoms. The molecule has 0 bridgehead atoms. The quantitative estimate of drug-likeness (QED) is 0.0760. The number of ether oxygens (including phenoxy) is 1. The van der Waals surface area contributed by atoms with Crippen LogP contribution in [0.1, 0.15) is 137 Å². The zero-order chi connectivity index (χ0) is 26.4. The summed E-state index contributed by atoms with van der Waals surface area (Å²) in [6.45, 7) is 7.63. The first kappa shape index (κ1) is 34.5. The minimum Gasteiger partial charge on any atom is -0.463 e. The molecule has 0 aromatic carbocycles. The van der Waals surface area contributed by atoms with Crippen LogP contribution in [0.15, 0.2) is 0 Å². The van der Waals surface area contributed by atoms with E-state index in [2.05, 4.69) is 6.92 Å². The second-order valence-electron chi connectivity index (χ2n) is 10.9. The van der Waals surface area contributed by atoms with Crippen LogP contribution in [-0.4, -0.2) is 41.9 Å². The highest BCUT2D eigenvalue weighted by Gasteiger charge is 2.24. The maximum absolute atomic E-state index is 11.8. The number of aliphatic hydroxyl groups excluding tert-OH is 1. The third-order valence-electron chi connectivity index (χ3n) is 5.96. The monoisotopic (exact) mass is 522 g/mol. The summed E-state index contributed by atoms with van der Waals surface area (Å²) in [6, 6.07) is 0. The first-order chi connectivity index (χ1) is 16.6. The number of carbonyl (C=O) groups excluding carboxylic acids is 1. The van der Waals surface area contributed by atoms with Gasteiger partial charge in [-0.1, -0.05) is 118 Å². The first-order valence-corrected chi connectivity index (χ1v) is 15.5. The molecule has 2 atom stereocenters. The van der Waals surface area contributed by atoms with E-state index in [1.165, 1.54) is 77.0 Å². The summed E-state index contributed by atoms with van der Waals surface area (Å²) in [6.07, 6.45) is 18.8. The van der Waals surface area contributed by atoms with Gasteiger partial charge in [0, 0.05) is 6.42 Å². The number of rotatable bonds is 24. The first-order valence-electron chi connectivity index (χ1n) is 14.0. The van der Waals surface area contributed by atoms with Crippen molar-refractivity contribution in [3.63, 3.8) is 0 Å². The third-order valence-corrected chi connectivity index (χ3v) is 6.94. The molecule has 0 rings (SSSR count). The Labute approximate surface area is 215 Å². The standard InChI is InChI=1S/C27H55O7P/c1-5-6-7-8-9-10-11-12-13-14-15-16-17-18-19-20-26(29)32-23-25(28)24-34-35(30,31)33-22-21-27(2,3)4/h25,28H,5-24H2,1-4H3,(H,30,31). The van der Waals surface area contributed by atoms with Crippen LogP contribution in [0, 0.1) is 5.41 Å². The van der Waals surface area contributed by atoms with Gasteiger partial charge in [-0.3, -0.25) is 13.8 Å². The van der Waals surface area contributed by atoms with E-state index in [0.29, 0.717) is 12.8 Å².